The number of aldehydes is 1. The summed E-state index contributed by atoms with van der Waals surface area (Å²) in [7, 11) is 0. The van der Waals surface area contributed by atoms with Gasteiger partial charge in [-0.05, 0) is 23.8 Å². The molecule has 18 heavy (non-hydrogen) atoms. The number of aromatic carboxylic acids is 1. The molecule has 0 saturated carbocycles. The van der Waals surface area contributed by atoms with Gasteiger partial charge in [0.25, 0.3) is 0 Å². The first-order chi connectivity index (χ1) is 8.61. The summed E-state index contributed by atoms with van der Waals surface area (Å²) in [5.74, 6) is -1.00. The molecular formula is C14H9ClO3. The van der Waals surface area contributed by atoms with E-state index in [0.29, 0.717) is 16.1 Å². The fraction of sp³-hybridized carbons (Fsp3) is 0. The summed E-state index contributed by atoms with van der Waals surface area (Å²) in [6.07, 6.45) is 0.749. The second kappa shape index (κ2) is 5.02. The van der Waals surface area contributed by atoms with Crippen molar-refractivity contribution in [2.75, 3.05) is 0 Å². The van der Waals surface area contributed by atoms with Gasteiger partial charge in [0, 0.05) is 16.1 Å². The van der Waals surface area contributed by atoms with E-state index in [0.717, 1.165) is 11.8 Å². The van der Waals surface area contributed by atoms with Crippen LogP contribution in [-0.4, -0.2) is 17.4 Å². The molecule has 0 aliphatic heterocycles. The fourth-order valence-electron chi connectivity index (χ4n) is 1.62. The predicted octanol–water partition coefficient (Wildman–Crippen LogP) is 3.52. The highest BCUT2D eigenvalue weighted by Crippen LogP contribution is 2.29. The van der Waals surface area contributed by atoms with E-state index in [2.05, 4.69) is 0 Å². The quantitative estimate of drug-likeness (QED) is 0.859. The van der Waals surface area contributed by atoms with Gasteiger partial charge in [-0.3, -0.25) is 4.79 Å². The lowest BCUT2D eigenvalue weighted by molar-refractivity contribution is 0.0697. The first-order valence-corrected chi connectivity index (χ1v) is 5.58. The molecule has 0 spiro atoms. The number of carbonyl (C=O) groups excluding carboxylic acids is 1. The van der Waals surface area contributed by atoms with Crippen LogP contribution in [-0.2, 0) is 0 Å². The van der Waals surface area contributed by atoms with Gasteiger partial charge in [0.05, 0.1) is 5.56 Å². The van der Waals surface area contributed by atoms with Gasteiger partial charge in [-0.2, -0.15) is 0 Å². The molecule has 1 N–H and O–H groups in total. The first kappa shape index (κ1) is 12.3. The number of rotatable bonds is 3. The standard InChI is InChI=1S/C14H9ClO3/c15-13-6-5-11(14(17)18)7-12(13)10-3-1-9(8-16)2-4-10/h1-8H,(H,17,18). The lowest BCUT2D eigenvalue weighted by Crippen LogP contribution is -1.96. The van der Waals surface area contributed by atoms with Gasteiger partial charge in [-0.1, -0.05) is 35.9 Å². The van der Waals surface area contributed by atoms with Crippen LogP contribution in [0.25, 0.3) is 11.1 Å². The first-order valence-electron chi connectivity index (χ1n) is 5.20. The van der Waals surface area contributed by atoms with Crippen LogP contribution in [0.3, 0.4) is 0 Å². The number of hydrogen-bond acceptors (Lipinski definition) is 2. The maximum atomic E-state index is 10.9. The molecule has 90 valence electrons. The zero-order valence-electron chi connectivity index (χ0n) is 9.26. The van der Waals surface area contributed by atoms with Crippen molar-refractivity contribution in [1.82, 2.24) is 0 Å². The summed E-state index contributed by atoms with van der Waals surface area (Å²) in [6, 6.07) is 11.3. The monoisotopic (exact) mass is 260 g/mol. The predicted molar refractivity (Wildman–Crippen MR) is 69.2 cm³/mol. The van der Waals surface area contributed by atoms with Gasteiger partial charge < -0.3 is 5.11 Å². The van der Waals surface area contributed by atoms with Crippen LogP contribution in [0.1, 0.15) is 20.7 Å². The molecule has 0 aliphatic carbocycles. The molecule has 0 amide bonds. The molecule has 0 bridgehead atoms. The van der Waals surface area contributed by atoms with E-state index in [-0.39, 0.29) is 5.56 Å². The zero-order valence-corrected chi connectivity index (χ0v) is 10.0. The molecule has 0 aliphatic rings. The maximum Gasteiger partial charge on any atom is 0.335 e. The van der Waals surface area contributed by atoms with Crippen molar-refractivity contribution in [1.29, 1.82) is 0 Å². The number of benzene rings is 2. The Morgan fingerprint density at radius 1 is 1.11 bits per heavy atom. The van der Waals surface area contributed by atoms with Crippen LogP contribution in [0.15, 0.2) is 42.5 Å². The Labute approximate surface area is 109 Å². The highest BCUT2D eigenvalue weighted by Gasteiger charge is 2.08. The van der Waals surface area contributed by atoms with Crippen molar-refractivity contribution in [3.63, 3.8) is 0 Å². The minimum atomic E-state index is -1.00. The summed E-state index contributed by atoms with van der Waals surface area (Å²) >= 11 is 6.05. The van der Waals surface area contributed by atoms with Gasteiger partial charge in [0.15, 0.2) is 0 Å². The Kier molecular flexibility index (Phi) is 3.44. The van der Waals surface area contributed by atoms with Crippen molar-refractivity contribution in [2.45, 2.75) is 0 Å². The molecule has 0 radical (unpaired) electrons. The topological polar surface area (TPSA) is 54.4 Å². The lowest BCUT2D eigenvalue weighted by Gasteiger charge is -2.06. The second-order valence-electron chi connectivity index (χ2n) is 3.74. The summed E-state index contributed by atoms with van der Waals surface area (Å²) in [4.78, 5) is 21.5. The van der Waals surface area contributed by atoms with Crippen molar-refractivity contribution >= 4 is 23.9 Å². The van der Waals surface area contributed by atoms with Crippen LogP contribution >= 0.6 is 11.6 Å². The molecule has 0 fully saturated rings. The molecule has 0 aromatic heterocycles. The third kappa shape index (κ3) is 2.41. The van der Waals surface area contributed by atoms with E-state index in [9.17, 15) is 9.59 Å². The summed E-state index contributed by atoms with van der Waals surface area (Å²) < 4.78 is 0. The van der Waals surface area contributed by atoms with Crippen molar-refractivity contribution in [3.8, 4) is 11.1 Å². The number of hydrogen-bond donors (Lipinski definition) is 1. The molecule has 2 aromatic carbocycles. The Hall–Kier alpha value is -2.13. The number of halogens is 1. The van der Waals surface area contributed by atoms with E-state index >= 15 is 0 Å². The molecule has 2 aromatic rings. The molecular weight excluding hydrogens is 252 g/mol. The van der Waals surface area contributed by atoms with Crippen molar-refractivity contribution in [2.24, 2.45) is 0 Å². The third-order valence-electron chi connectivity index (χ3n) is 2.57. The second-order valence-corrected chi connectivity index (χ2v) is 4.15. The zero-order chi connectivity index (χ0) is 13.1. The van der Waals surface area contributed by atoms with E-state index in [1.807, 2.05) is 0 Å². The van der Waals surface area contributed by atoms with Crippen molar-refractivity contribution < 1.29 is 14.7 Å². The average molecular weight is 261 g/mol. The summed E-state index contributed by atoms with van der Waals surface area (Å²) in [5.41, 5.74) is 2.14. The molecule has 2 rings (SSSR count). The van der Waals surface area contributed by atoms with Crippen LogP contribution in [0.2, 0.25) is 5.02 Å². The number of carbonyl (C=O) groups is 2. The van der Waals surface area contributed by atoms with Gasteiger partial charge in [-0.25, -0.2) is 4.79 Å². The van der Waals surface area contributed by atoms with Gasteiger partial charge in [-0.15, -0.1) is 0 Å². The van der Waals surface area contributed by atoms with Gasteiger partial charge in [0.2, 0.25) is 0 Å². The molecule has 3 nitrogen and oxygen atoms in total. The molecule has 0 atom stereocenters. The van der Waals surface area contributed by atoms with E-state index in [1.165, 1.54) is 12.1 Å². The molecule has 0 unspecified atom stereocenters. The minimum absolute atomic E-state index is 0.175. The number of carboxylic acid groups (broad SMARTS) is 1. The third-order valence-corrected chi connectivity index (χ3v) is 2.90. The normalized spacial score (nSPS) is 10.1. The Morgan fingerprint density at radius 2 is 1.78 bits per heavy atom. The summed E-state index contributed by atoms with van der Waals surface area (Å²) in [5, 5.41) is 9.41. The minimum Gasteiger partial charge on any atom is -0.478 e. The highest BCUT2D eigenvalue weighted by molar-refractivity contribution is 6.33. The SMILES string of the molecule is O=Cc1ccc(-c2cc(C(=O)O)ccc2Cl)cc1. The van der Waals surface area contributed by atoms with Gasteiger partial charge >= 0.3 is 5.97 Å². The Morgan fingerprint density at radius 3 is 2.33 bits per heavy atom. The largest absolute Gasteiger partial charge is 0.478 e. The average Bonchev–Trinajstić information content (AvgIpc) is 2.39. The van der Waals surface area contributed by atoms with Crippen LogP contribution in [0, 0.1) is 0 Å². The molecule has 0 heterocycles. The van der Waals surface area contributed by atoms with Gasteiger partial charge in [0.1, 0.15) is 6.29 Å². The highest BCUT2D eigenvalue weighted by atomic mass is 35.5. The van der Waals surface area contributed by atoms with E-state index in [4.69, 9.17) is 16.7 Å². The lowest BCUT2D eigenvalue weighted by atomic mass is 10.0. The van der Waals surface area contributed by atoms with E-state index < -0.39 is 5.97 Å². The van der Waals surface area contributed by atoms with Crippen molar-refractivity contribution in [3.05, 3.63) is 58.6 Å². The summed E-state index contributed by atoms with van der Waals surface area (Å²) in [6.45, 7) is 0. The molecule has 0 saturated heterocycles. The molecule has 4 heteroatoms. The number of carboxylic acids is 1. The van der Waals surface area contributed by atoms with Crippen LogP contribution in [0.4, 0.5) is 0 Å². The Bertz CT molecular complexity index is 603. The van der Waals surface area contributed by atoms with E-state index in [1.54, 1.807) is 30.3 Å². The fourth-order valence-corrected chi connectivity index (χ4v) is 1.85. The maximum absolute atomic E-state index is 10.9. The van der Waals surface area contributed by atoms with Crippen LogP contribution in [0.5, 0.6) is 0 Å². The smallest absolute Gasteiger partial charge is 0.335 e. The van der Waals surface area contributed by atoms with Crippen LogP contribution < -0.4 is 0 Å². The Balaban J connectivity index is 2.51.